The molecule has 0 radical (unpaired) electrons. The standard InChI is InChI=1S/C20H22N2O7/c1-27-17-10-9-15(22(25)26)11-14(17)12-16(20(24)29-3)21-19(23)18(28-2)13-7-5-4-6-8-13/h4-11,16,18H,12H2,1-3H3,(H,21,23)/t16-,18-/m1/s1. The van der Waals surface area contributed by atoms with Crippen LogP contribution in [0.1, 0.15) is 17.2 Å². The number of nitro benzene ring substituents is 1. The van der Waals surface area contributed by atoms with Crippen LogP contribution in [0.4, 0.5) is 5.69 Å². The van der Waals surface area contributed by atoms with Gasteiger partial charge in [0.25, 0.3) is 11.6 Å². The van der Waals surface area contributed by atoms with Crippen molar-refractivity contribution in [3.8, 4) is 5.75 Å². The first-order chi connectivity index (χ1) is 13.9. The highest BCUT2D eigenvalue weighted by Crippen LogP contribution is 2.26. The molecule has 0 fully saturated rings. The van der Waals surface area contributed by atoms with Gasteiger partial charge in [0.2, 0.25) is 0 Å². The van der Waals surface area contributed by atoms with E-state index in [4.69, 9.17) is 14.2 Å². The number of amides is 1. The predicted molar refractivity (Wildman–Crippen MR) is 103 cm³/mol. The van der Waals surface area contributed by atoms with Crippen LogP contribution >= 0.6 is 0 Å². The number of nitrogens with zero attached hydrogens (tertiary/aromatic N) is 1. The summed E-state index contributed by atoms with van der Waals surface area (Å²) in [4.78, 5) is 35.5. The molecule has 0 spiro atoms. The van der Waals surface area contributed by atoms with Gasteiger partial charge in [-0.05, 0) is 11.6 Å². The molecule has 0 aliphatic rings. The summed E-state index contributed by atoms with van der Waals surface area (Å²) < 4.78 is 15.3. The van der Waals surface area contributed by atoms with Crippen LogP contribution in [0.25, 0.3) is 0 Å². The molecule has 0 heterocycles. The lowest BCUT2D eigenvalue weighted by molar-refractivity contribution is -0.384. The summed E-state index contributed by atoms with van der Waals surface area (Å²) in [6, 6.07) is 11.7. The number of hydrogen-bond acceptors (Lipinski definition) is 7. The Bertz CT molecular complexity index is 870. The molecule has 0 aliphatic carbocycles. The van der Waals surface area contributed by atoms with Gasteiger partial charge in [0.15, 0.2) is 6.10 Å². The average Bonchev–Trinajstić information content (AvgIpc) is 2.73. The molecule has 0 bridgehead atoms. The van der Waals surface area contributed by atoms with E-state index < -0.39 is 28.9 Å². The van der Waals surface area contributed by atoms with E-state index in [9.17, 15) is 19.7 Å². The minimum Gasteiger partial charge on any atom is -0.496 e. The third-order valence-electron chi connectivity index (χ3n) is 4.28. The molecule has 0 unspecified atom stereocenters. The van der Waals surface area contributed by atoms with Crippen LogP contribution < -0.4 is 10.1 Å². The highest BCUT2D eigenvalue weighted by Gasteiger charge is 2.28. The summed E-state index contributed by atoms with van der Waals surface area (Å²) in [6.45, 7) is 0. The van der Waals surface area contributed by atoms with Gasteiger partial charge in [-0.3, -0.25) is 14.9 Å². The Morgan fingerprint density at radius 1 is 1.10 bits per heavy atom. The second-order valence-electron chi connectivity index (χ2n) is 6.07. The monoisotopic (exact) mass is 402 g/mol. The molecule has 1 N–H and O–H groups in total. The molecular weight excluding hydrogens is 380 g/mol. The topological polar surface area (TPSA) is 117 Å². The third-order valence-corrected chi connectivity index (χ3v) is 4.28. The summed E-state index contributed by atoms with van der Waals surface area (Å²) in [7, 11) is 3.98. The zero-order chi connectivity index (χ0) is 21.4. The fourth-order valence-corrected chi connectivity index (χ4v) is 2.86. The van der Waals surface area contributed by atoms with Crippen LogP contribution in [-0.2, 0) is 25.5 Å². The first-order valence-corrected chi connectivity index (χ1v) is 8.68. The van der Waals surface area contributed by atoms with Crippen molar-refractivity contribution in [1.82, 2.24) is 5.32 Å². The first kappa shape index (κ1) is 21.8. The molecule has 0 aliphatic heterocycles. The Morgan fingerprint density at radius 3 is 2.34 bits per heavy atom. The molecule has 29 heavy (non-hydrogen) atoms. The number of carbonyl (C=O) groups excluding carboxylic acids is 2. The van der Waals surface area contributed by atoms with Crippen molar-refractivity contribution in [3.63, 3.8) is 0 Å². The Kier molecular flexibility index (Phi) is 7.67. The normalized spacial score (nSPS) is 12.5. The highest BCUT2D eigenvalue weighted by molar-refractivity contribution is 5.88. The minimum absolute atomic E-state index is 0.0610. The van der Waals surface area contributed by atoms with Gasteiger partial charge in [0.05, 0.1) is 19.1 Å². The van der Waals surface area contributed by atoms with E-state index in [0.717, 1.165) is 0 Å². The van der Waals surface area contributed by atoms with Gasteiger partial charge in [-0.15, -0.1) is 0 Å². The van der Waals surface area contributed by atoms with Crippen LogP contribution in [0, 0.1) is 10.1 Å². The zero-order valence-corrected chi connectivity index (χ0v) is 16.3. The molecule has 154 valence electrons. The Labute approximate surface area is 167 Å². The second-order valence-corrected chi connectivity index (χ2v) is 6.07. The largest absolute Gasteiger partial charge is 0.496 e. The summed E-state index contributed by atoms with van der Waals surface area (Å²) in [6.07, 6.45) is -0.996. The van der Waals surface area contributed by atoms with Crippen molar-refractivity contribution < 1.29 is 28.7 Å². The summed E-state index contributed by atoms with van der Waals surface area (Å²) >= 11 is 0. The number of non-ortho nitro benzene ring substituents is 1. The fourth-order valence-electron chi connectivity index (χ4n) is 2.86. The van der Waals surface area contributed by atoms with E-state index in [1.807, 2.05) is 0 Å². The second kappa shape index (κ2) is 10.2. The molecule has 9 heteroatoms. The van der Waals surface area contributed by atoms with Gasteiger partial charge in [0.1, 0.15) is 11.8 Å². The van der Waals surface area contributed by atoms with Crippen LogP contribution in [0.5, 0.6) is 5.75 Å². The van der Waals surface area contributed by atoms with Crippen LogP contribution in [0.3, 0.4) is 0 Å². The third kappa shape index (κ3) is 5.52. The number of esters is 1. The lowest BCUT2D eigenvalue weighted by atomic mass is 10.0. The summed E-state index contributed by atoms with van der Waals surface area (Å²) in [5.74, 6) is -0.890. The number of carbonyl (C=O) groups is 2. The van der Waals surface area contributed by atoms with Crippen molar-refractivity contribution >= 4 is 17.6 Å². The molecule has 1 amide bonds. The van der Waals surface area contributed by atoms with E-state index in [2.05, 4.69) is 5.32 Å². The number of hydrogen-bond donors (Lipinski definition) is 1. The predicted octanol–water partition coefficient (Wildman–Crippen LogP) is 2.19. The number of nitro groups is 1. The number of rotatable bonds is 9. The van der Waals surface area contributed by atoms with Crippen LogP contribution in [0.15, 0.2) is 48.5 Å². The summed E-state index contributed by atoms with van der Waals surface area (Å²) in [5.41, 5.74) is 0.838. The number of methoxy groups -OCH3 is 3. The van der Waals surface area contributed by atoms with E-state index in [0.29, 0.717) is 16.9 Å². The molecular formula is C20H22N2O7. The molecule has 2 aromatic rings. The Balaban J connectivity index is 2.28. The van der Waals surface area contributed by atoms with Crippen molar-refractivity contribution in [2.75, 3.05) is 21.3 Å². The first-order valence-electron chi connectivity index (χ1n) is 8.68. The zero-order valence-electron chi connectivity index (χ0n) is 16.3. The van der Waals surface area contributed by atoms with Gasteiger partial charge < -0.3 is 19.5 Å². The van der Waals surface area contributed by atoms with Gasteiger partial charge in [-0.2, -0.15) is 0 Å². The number of nitrogens with one attached hydrogen (secondary N) is 1. The highest BCUT2D eigenvalue weighted by atomic mass is 16.6. The van der Waals surface area contributed by atoms with Crippen molar-refractivity contribution in [2.45, 2.75) is 18.6 Å². The Morgan fingerprint density at radius 2 is 1.79 bits per heavy atom. The van der Waals surface area contributed by atoms with E-state index in [1.165, 1.54) is 39.5 Å². The van der Waals surface area contributed by atoms with Crippen molar-refractivity contribution in [2.24, 2.45) is 0 Å². The SMILES string of the molecule is COC(=O)[C@@H](Cc1cc([N+](=O)[O-])ccc1OC)NC(=O)[C@H](OC)c1ccccc1. The van der Waals surface area contributed by atoms with Crippen molar-refractivity contribution in [3.05, 3.63) is 69.8 Å². The van der Waals surface area contributed by atoms with Crippen LogP contribution in [0.2, 0.25) is 0 Å². The molecule has 0 saturated heterocycles. The van der Waals surface area contributed by atoms with Gasteiger partial charge in [-0.1, -0.05) is 30.3 Å². The smallest absolute Gasteiger partial charge is 0.328 e. The molecule has 2 atom stereocenters. The number of benzene rings is 2. The number of ether oxygens (including phenoxy) is 3. The average molecular weight is 402 g/mol. The summed E-state index contributed by atoms with van der Waals surface area (Å²) in [5, 5.41) is 13.7. The minimum atomic E-state index is -1.09. The molecule has 2 rings (SSSR count). The van der Waals surface area contributed by atoms with E-state index in [-0.39, 0.29) is 12.1 Å². The molecule has 0 aromatic heterocycles. The van der Waals surface area contributed by atoms with Crippen molar-refractivity contribution in [1.29, 1.82) is 0 Å². The maximum Gasteiger partial charge on any atom is 0.328 e. The lowest BCUT2D eigenvalue weighted by Crippen LogP contribution is -2.45. The van der Waals surface area contributed by atoms with Gasteiger partial charge in [-0.25, -0.2) is 4.79 Å². The van der Waals surface area contributed by atoms with Gasteiger partial charge in [0, 0.05) is 31.2 Å². The van der Waals surface area contributed by atoms with E-state index in [1.54, 1.807) is 30.3 Å². The fraction of sp³-hybridized carbons (Fsp3) is 0.300. The van der Waals surface area contributed by atoms with Crippen LogP contribution in [-0.4, -0.2) is 44.2 Å². The lowest BCUT2D eigenvalue weighted by Gasteiger charge is -2.21. The quantitative estimate of drug-likeness (QED) is 0.388. The maximum absolute atomic E-state index is 12.7. The molecule has 0 saturated carbocycles. The maximum atomic E-state index is 12.7. The molecule has 9 nitrogen and oxygen atoms in total. The Hall–Kier alpha value is -3.46. The molecule has 2 aromatic carbocycles. The van der Waals surface area contributed by atoms with E-state index >= 15 is 0 Å². The van der Waals surface area contributed by atoms with Gasteiger partial charge >= 0.3 is 5.97 Å².